The van der Waals surface area contributed by atoms with Gasteiger partial charge in [0.1, 0.15) is 41.4 Å². The van der Waals surface area contributed by atoms with Crippen molar-refractivity contribution >= 4 is 44.6 Å². The van der Waals surface area contributed by atoms with Crippen LogP contribution in [0.5, 0.6) is 11.5 Å². The second-order valence-corrected chi connectivity index (χ2v) is 22.6. The number of hydrogen-bond donors (Lipinski definition) is 0. The molecule has 0 saturated carbocycles. The van der Waals surface area contributed by atoms with Gasteiger partial charge in [0, 0.05) is 58.0 Å². The molecule has 10 aromatic rings. The molecule has 0 aliphatic carbocycles. The van der Waals surface area contributed by atoms with E-state index in [9.17, 15) is 4.39 Å². The molecule has 0 bridgehead atoms. The summed E-state index contributed by atoms with van der Waals surface area (Å²) in [5.41, 5.74) is 11.5. The number of anilines is 4. The van der Waals surface area contributed by atoms with Crippen molar-refractivity contribution in [3.63, 3.8) is 0 Å². The monoisotopic (exact) mass is 980 g/mol. The Labute approximate surface area is 432 Å². The third kappa shape index (κ3) is 8.86. The number of halogens is 3. The molecule has 74 heavy (non-hydrogen) atoms. The molecule has 5 nitrogen and oxygen atoms in total. The zero-order valence-electron chi connectivity index (χ0n) is 43.4. The summed E-state index contributed by atoms with van der Waals surface area (Å²) < 4.78 is 57.1. The SMILES string of the molecule is CC(C)(C)c1cc(-c2cc(-c3ccccc3)cc(-c3c(F)cc(F)cc3F)c2N2CN(c3cccc(Oc4ccc5c6ccccc6n(-c6cc(C(C)(C)C)ccn6)c5c4)c3)c3ccccc32)cc(C(C)(C)C)c1. The van der Waals surface area contributed by atoms with Crippen LogP contribution in [0, 0.1) is 17.5 Å². The predicted octanol–water partition coefficient (Wildman–Crippen LogP) is 18.5. The molecule has 11 rings (SSSR count). The van der Waals surface area contributed by atoms with Crippen molar-refractivity contribution in [1.82, 2.24) is 9.55 Å². The van der Waals surface area contributed by atoms with Crippen molar-refractivity contribution in [2.24, 2.45) is 0 Å². The van der Waals surface area contributed by atoms with Crippen molar-refractivity contribution in [3.05, 3.63) is 216 Å². The Balaban J connectivity index is 1.06. The molecule has 8 aromatic carbocycles. The predicted molar refractivity (Wildman–Crippen MR) is 299 cm³/mol. The molecule has 0 atom stereocenters. The highest BCUT2D eigenvalue weighted by atomic mass is 19.1. The molecule has 0 amide bonds. The number of nitrogens with zero attached hydrogens (tertiary/aromatic N) is 4. The zero-order chi connectivity index (χ0) is 51.8. The lowest BCUT2D eigenvalue weighted by Crippen LogP contribution is -2.25. The minimum atomic E-state index is -0.985. The number of ether oxygens (including phenoxy) is 1. The molecule has 3 heterocycles. The highest BCUT2D eigenvalue weighted by Gasteiger charge is 2.34. The van der Waals surface area contributed by atoms with Gasteiger partial charge < -0.3 is 14.5 Å². The van der Waals surface area contributed by atoms with Crippen LogP contribution < -0.4 is 14.5 Å². The van der Waals surface area contributed by atoms with Gasteiger partial charge in [-0.3, -0.25) is 4.57 Å². The first-order valence-corrected chi connectivity index (χ1v) is 25.3. The number of benzene rings is 8. The largest absolute Gasteiger partial charge is 0.457 e. The van der Waals surface area contributed by atoms with Gasteiger partial charge in [-0.1, -0.05) is 147 Å². The number of hydrogen-bond acceptors (Lipinski definition) is 4. The molecular formula is C66H59F3N4O. The number of fused-ring (bicyclic) bond motifs is 4. The van der Waals surface area contributed by atoms with E-state index >= 15 is 8.78 Å². The summed E-state index contributed by atoms with van der Waals surface area (Å²) in [5.74, 6) is -0.823. The van der Waals surface area contributed by atoms with Gasteiger partial charge in [0.2, 0.25) is 0 Å². The molecule has 2 aromatic heterocycles. The van der Waals surface area contributed by atoms with Crippen molar-refractivity contribution < 1.29 is 17.9 Å². The van der Waals surface area contributed by atoms with E-state index in [4.69, 9.17) is 9.72 Å². The van der Waals surface area contributed by atoms with Crippen molar-refractivity contribution in [2.45, 2.75) is 78.6 Å². The second-order valence-electron chi connectivity index (χ2n) is 22.6. The third-order valence-corrected chi connectivity index (χ3v) is 14.3. The molecule has 370 valence electrons. The Morgan fingerprint density at radius 3 is 1.76 bits per heavy atom. The highest BCUT2D eigenvalue weighted by molar-refractivity contribution is 6.09. The average Bonchev–Trinajstić information content (AvgIpc) is 3.92. The molecule has 0 saturated heterocycles. The maximum Gasteiger partial charge on any atom is 0.137 e. The zero-order valence-corrected chi connectivity index (χ0v) is 43.4. The number of pyridine rings is 1. The Bertz CT molecular complexity index is 3750. The van der Waals surface area contributed by atoms with E-state index in [2.05, 4.69) is 156 Å². The van der Waals surface area contributed by atoms with Crippen LogP contribution in [0.2, 0.25) is 0 Å². The summed E-state index contributed by atoms with van der Waals surface area (Å²) >= 11 is 0. The van der Waals surface area contributed by atoms with Crippen LogP contribution in [0.4, 0.5) is 35.9 Å². The van der Waals surface area contributed by atoms with Crippen LogP contribution in [0.25, 0.3) is 61.0 Å². The van der Waals surface area contributed by atoms with Crippen LogP contribution in [-0.4, -0.2) is 16.2 Å². The Morgan fingerprint density at radius 2 is 1.07 bits per heavy atom. The normalized spacial score (nSPS) is 13.0. The minimum Gasteiger partial charge on any atom is -0.457 e. The van der Waals surface area contributed by atoms with Gasteiger partial charge in [0.05, 0.1) is 33.7 Å². The molecule has 1 aliphatic rings. The smallest absolute Gasteiger partial charge is 0.137 e. The van der Waals surface area contributed by atoms with Gasteiger partial charge in [-0.2, -0.15) is 0 Å². The lowest BCUT2D eigenvalue weighted by atomic mass is 9.78. The van der Waals surface area contributed by atoms with E-state index in [1.54, 1.807) is 0 Å². The molecule has 0 unspecified atom stereocenters. The van der Waals surface area contributed by atoms with Crippen LogP contribution in [0.15, 0.2) is 182 Å². The summed E-state index contributed by atoms with van der Waals surface area (Å²) in [5, 5.41) is 2.22. The second kappa shape index (κ2) is 18.1. The quantitative estimate of drug-likeness (QED) is 0.152. The van der Waals surface area contributed by atoms with Crippen LogP contribution in [0.1, 0.15) is 79.0 Å². The minimum absolute atomic E-state index is 0.0627. The lowest BCUT2D eigenvalue weighted by Gasteiger charge is -2.30. The molecule has 8 heteroatoms. The highest BCUT2D eigenvalue weighted by Crippen LogP contribution is 2.53. The van der Waals surface area contributed by atoms with Gasteiger partial charge in [0.15, 0.2) is 0 Å². The maximum absolute atomic E-state index is 16.6. The fourth-order valence-electron chi connectivity index (χ4n) is 10.3. The van der Waals surface area contributed by atoms with E-state index in [1.807, 2.05) is 91.1 Å². The third-order valence-electron chi connectivity index (χ3n) is 14.3. The van der Waals surface area contributed by atoms with E-state index in [0.29, 0.717) is 22.7 Å². The van der Waals surface area contributed by atoms with Crippen molar-refractivity contribution in [2.75, 3.05) is 16.5 Å². The first kappa shape index (κ1) is 48.2. The van der Waals surface area contributed by atoms with Gasteiger partial charge in [-0.15, -0.1) is 0 Å². The molecule has 0 fully saturated rings. The Hall–Kier alpha value is -8.10. The summed E-state index contributed by atoms with van der Waals surface area (Å²) in [6.45, 7) is 20.1. The number of para-hydroxylation sites is 3. The average molecular weight is 981 g/mol. The van der Waals surface area contributed by atoms with E-state index in [-0.39, 0.29) is 28.5 Å². The topological polar surface area (TPSA) is 33.5 Å². The van der Waals surface area contributed by atoms with E-state index in [1.165, 1.54) is 5.56 Å². The van der Waals surface area contributed by atoms with Crippen LogP contribution in [-0.2, 0) is 16.2 Å². The molecule has 0 spiro atoms. The van der Waals surface area contributed by atoms with Crippen LogP contribution in [0.3, 0.4) is 0 Å². The summed E-state index contributed by atoms with van der Waals surface area (Å²) in [4.78, 5) is 9.21. The summed E-state index contributed by atoms with van der Waals surface area (Å²) in [7, 11) is 0. The summed E-state index contributed by atoms with van der Waals surface area (Å²) in [6, 6.07) is 57.0. The molecule has 0 N–H and O–H groups in total. The van der Waals surface area contributed by atoms with Gasteiger partial charge in [-0.05, 0) is 116 Å². The van der Waals surface area contributed by atoms with Crippen molar-refractivity contribution in [3.8, 4) is 50.7 Å². The Kier molecular flexibility index (Phi) is 11.8. The standard InChI is InChI=1S/C66H59F3N4O/c1-64(2,3)44-28-29-70-61(35-44)73-57-23-14-13-22-51(57)52-27-26-50(39-60(52)73)74-49-21-17-20-48(38-49)71-40-72(59-25-16-15-24-58(59)71)63-53(43-30-45(65(4,5)6)34-46(31-43)66(7,8)9)32-42(41-18-11-10-12-19-41)33-54(63)62-55(68)36-47(67)37-56(62)69/h10-39H,40H2,1-9H3. The van der Waals surface area contributed by atoms with Gasteiger partial charge >= 0.3 is 0 Å². The first-order valence-electron chi connectivity index (χ1n) is 25.3. The fraction of sp³-hybridized carbons (Fsp3) is 0.197. The van der Waals surface area contributed by atoms with Crippen molar-refractivity contribution in [1.29, 1.82) is 0 Å². The first-order chi connectivity index (χ1) is 35.3. The maximum atomic E-state index is 16.6. The Morgan fingerprint density at radius 1 is 0.459 bits per heavy atom. The number of rotatable bonds is 8. The summed E-state index contributed by atoms with van der Waals surface area (Å²) in [6.07, 6.45) is 1.88. The fourth-order valence-corrected chi connectivity index (χ4v) is 10.3. The van der Waals surface area contributed by atoms with E-state index in [0.717, 1.165) is 90.2 Å². The lowest BCUT2D eigenvalue weighted by molar-refractivity contribution is 0.483. The number of aromatic nitrogens is 2. The molecule has 1 aliphatic heterocycles. The van der Waals surface area contributed by atoms with Gasteiger partial charge in [0.25, 0.3) is 0 Å². The van der Waals surface area contributed by atoms with E-state index < -0.39 is 17.5 Å². The van der Waals surface area contributed by atoms with Crippen LogP contribution >= 0.6 is 0 Å². The molecular weight excluding hydrogens is 922 g/mol. The molecule has 0 radical (unpaired) electrons. The van der Waals surface area contributed by atoms with Gasteiger partial charge in [-0.25, -0.2) is 18.2 Å².